The van der Waals surface area contributed by atoms with Crippen molar-refractivity contribution in [2.24, 2.45) is 0 Å². The molecular weight excluding hydrogens is 543 g/mol. The molecule has 33 heavy (non-hydrogen) atoms. The van der Waals surface area contributed by atoms with Crippen molar-refractivity contribution in [2.75, 3.05) is 5.32 Å². The third-order valence-corrected chi connectivity index (χ3v) is 6.98. The Morgan fingerprint density at radius 1 is 0.788 bits per heavy atom. The van der Waals surface area contributed by atoms with Crippen molar-refractivity contribution in [1.82, 2.24) is 5.32 Å². The number of anilines is 1. The lowest BCUT2D eigenvalue weighted by Gasteiger charge is -2.27. The molecule has 1 aromatic rings. The molecule has 1 aromatic carbocycles. The molecule has 7 heteroatoms. The maximum absolute atomic E-state index is 12.3. The Hall–Kier alpha value is -0.160. The van der Waals surface area contributed by atoms with E-state index in [4.69, 9.17) is 34.8 Å². The summed E-state index contributed by atoms with van der Waals surface area (Å²) >= 11 is 21.6. The lowest BCUT2D eigenvalue weighted by Crippen LogP contribution is -2.49. The second-order valence-corrected chi connectivity index (χ2v) is 12.2. The van der Waals surface area contributed by atoms with Gasteiger partial charge in [-0.05, 0) is 30.7 Å². The Balaban J connectivity index is 2.05. The maximum Gasteiger partial charge on any atom is 0.228 e. The van der Waals surface area contributed by atoms with E-state index in [1.807, 2.05) is 24.3 Å². The largest absolute Gasteiger partial charge is 0.362 e. The number of halogens is 4. The molecule has 1 rings (SSSR count). The molecule has 0 radical (unpaired) electrons. The number of hydrogen-bond acceptors (Lipinski definition) is 2. The van der Waals surface area contributed by atoms with E-state index in [9.17, 15) is 4.79 Å². The second-order valence-electron chi connectivity index (χ2n) is 8.89. The molecule has 0 aliphatic rings. The number of rotatable bonds is 19. The van der Waals surface area contributed by atoms with E-state index in [2.05, 4.69) is 33.5 Å². The molecule has 1 amide bonds. The van der Waals surface area contributed by atoms with E-state index in [0.29, 0.717) is 6.42 Å². The number of nitrogens with one attached hydrogen (secondary N) is 2. The van der Waals surface area contributed by atoms with Crippen molar-refractivity contribution in [3.05, 3.63) is 28.7 Å². The zero-order chi connectivity index (χ0) is 24.4. The minimum atomic E-state index is -1.65. The highest BCUT2D eigenvalue weighted by molar-refractivity contribution is 9.10. The normalized spacial score (nSPS) is 12.5. The average molecular weight is 585 g/mol. The summed E-state index contributed by atoms with van der Waals surface area (Å²) in [5, 5.41) is 5.89. The van der Waals surface area contributed by atoms with Crippen molar-refractivity contribution >= 4 is 62.3 Å². The van der Waals surface area contributed by atoms with Crippen LogP contribution in [0, 0.1) is 0 Å². The topological polar surface area (TPSA) is 41.1 Å². The van der Waals surface area contributed by atoms with E-state index in [0.717, 1.165) is 23.0 Å². The number of alkyl halides is 3. The molecule has 0 saturated carbocycles. The molecule has 0 spiro atoms. The van der Waals surface area contributed by atoms with Crippen LogP contribution in [-0.4, -0.2) is 15.9 Å². The van der Waals surface area contributed by atoms with Crippen LogP contribution in [0.15, 0.2) is 28.7 Å². The lowest BCUT2D eigenvalue weighted by atomic mass is 10.0. The molecule has 0 fully saturated rings. The number of unbranched alkanes of at least 4 members (excludes halogenated alkanes) is 14. The first-order valence-electron chi connectivity index (χ1n) is 12.7. The smallest absolute Gasteiger partial charge is 0.228 e. The first kappa shape index (κ1) is 30.9. The molecule has 1 unspecified atom stereocenters. The SMILES string of the molecule is CCCCCCCCCCCCCCCCCC(=O)NC(Nc1ccc(Br)cc1)C(Cl)(Cl)Cl. The highest BCUT2D eigenvalue weighted by Gasteiger charge is 2.33. The number of carbonyl (C=O) groups is 1. The van der Waals surface area contributed by atoms with Gasteiger partial charge in [0.2, 0.25) is 9.70 Å². The zero-order valence-corrected chi connectivity index (χ0v) is 24.0. The van der Waals surface area contributed by atoms with Crippen LogP contribution in [0.3, 0.4) is 0 Å². The summed E-state index contributed by atoms with van der Waals surface area (Å²) in [6.45, 7) is 2.27. The van der Waals surface area contributed by atoms with Crippen LogP contribution in [0.1, 0.15) is 110 Å². The predicted octanol–water partition coefficient (Wildman–Crippen LogP) is 9.93. The minimum Gasteiger partial charge on any atom is -0.362 e. The van der Waals surface area contributed by atoms with E-state index in [1.165, 1.54) is 83.5 Å². The lowest BCUT2D eigenvalue weighted by molar-refractivity contribution is -0.121. The van der Waals surface area contributed by atoms with Gasteiger partial charge in [0.15, 0.2) is 0 Å². The van der Waals surface area contributed by atoms with Crippen LogP contribution < -0.4 is 10.6 Å². The van der Waals surface area contributed by atoms with Gasteiger partial charge in [-0.15, -0.1) is 0 Å². The van der Waals surface area contributed by atoms with Gasteiger partial charge in [0, 0.05) is 16.6 Å². The van der Waals surface area contributed by atoms with E-state index >= 15 is 0 Å². The molecule has 0 heterocycles. The van der Waals surface area contributed by atoms with Crippen molar-refractivity contribution in [3.8, 4) is 0 Å². The fourth-order valence-corrected chi connectivity index (χ4v) is 4.39. The molecular formula is C26H42BrCl3N2O. The summed E-state index contributed by atoms with van der Waals surface area (Å²) < 4.78 is -0.701. The highest BCUT2D eigenvalue weighted by Crippen LogP contribution is 2.31. The van der Waals surface area contributed by atoms with Gasteiger partial charge in [0.1, 0.15) is 6.17 Å². The molecule has 0 aromatic heterocycles. The number of amides is 1. The average Bonchev–Trinajstić information content (AvgIpc) is 2.76. The van der Waals surface area contributed by atoms with Gasteiger partial charge in [0.25, 0.3) is 0 Å². The molecule has 0 aliphatic carbocycles. The summed E-state index contributed by atoms with van der Waals surface area (Å²) in [5.74, 6) is -0.106. The number of hydrogen-bond donors (Lipinski definition) is 2. The van der Waals surface area contributed by atoms with Gasteiger partial charge in [0.05, 0.1) is 0 Å². The number of benzene rings is 1. The van der Waals surface area contributed by atoms with Crippen LogP contribution in [0.4, 0.5) is 5.69 Å². The minimum absolute atomic E-state index is 0.106. The molecule has 1 atom stereocenters. The van der Waals surface area contributed by atoms with Crippen LogP contribution >= 0.6 is 50.7 Å². The first-order valence-corrected chi connectivity index (χ1v) is 14.6. The Kier molecular flexibility index (Phi) is 17.8. The maximum atomic E-state index is 12.3. The Bertz CT molecular complexity index is 623. The van der Waals surface area contributed by atoms with Gasteiger partial charge < -0.3 is 10.6 Å². The third-order valence-electron chi connectivity index (χ3n) is 5.80. The zero-order valence-electron chi connectivity index (χ0n) is 20.1. The van der Waals surface area contributed by atoms with Gasteiger partial charge >= 0.3 is 0 Å². The molecule has 2 N–H and O–H groups in total. The van der Waals surface area contributed by atoms with Gasteiger partial charge in [-0.3, -0.25) is 4.79 Å². The summed E-state index contributed by atoms with van der Waals surface area (Å²) in [6.07, 6.45) is 19.1. The number of carbonyl (C=O) groups excluding carboxylic acids is 1. The van der Waals surface area contributed by atoms with Crippen LogP contribution in [0.2, 0.25) is 0 Å². The standard InChI is InChI=1S/C26H42BrCl3N2O/c1-2-3-4-5-6-7-8-9-10-11-12-13-14-15-16-17-24(33)32-25(26(28,29)30)31-23-20-18-22(27)19-21-23/h18-21,25,31H,2-17H2,1H3,(H,32,33). The summed E-state index contributed by atoms with van der Waals surface area (Å²) in [6, 6.07) is 7.48. The first-order chi connectivity index (χ1) is 15.8. The van der Waals surface area contributed by atoms with Crippen LogP contribution in [-0.2, 0) is 4.79 Å². The Labute approximate surface area is 225 Å². The molecule has 3 nitrogen and oxygen atoms in total. The summed E-state index contributed by atoms with van der Waals surface area (Å²) in [4.78, 5) is 12.3. The quantitative estimate of drug-likeness (QED) is 0.0965. The molecule has 190 valence electrons. The predicted molar refractivity (Wildman–Crippen MR) is 150 cm³/mol. The van der Waals surface area contributed by atoms with Gasteiger partial charge in [-0.1, -0.05) is 148 Å². The van der Waals surface area contributed by atoms with Crippen LogP contribution in [0.5, 0.6) is 0 Å². The third kappa shape index (κ3) is 17.0. The molecule has 0 bridgehead atoms. The second kappa shape index (κ2) is 19.1. The molecule has 0 aliphatic heterocycles. The van der Waals surface area contributed by atoms with E-state index in [1.54, 1.807) is 0 Å². The summed E-state index contributed by atoms with van der Waals surface area (Å²) in [5.41, 5.74) is 0.766. The molecule has 0 saturated heterocycles. The van der Waals surface area contributed by atoms with Crippen LogP contribution in [0.25, 0.3) is 0 Å². The van der Waals surface area contributed by atoms with Gasteiger partial charge in [-0.25, -0.2) is 0 Å². The fraction of sp³-hybridized carbons (Fsp3) is 0.731. The Morgan fingerprint density at radius 2 is 1.21 bits per heavy atom. The Morgan fingerprint density at radius 3 is 1.64 bits per heavy atom. The van der Waals surface area contributed by atoms with Crippen molar-refractivity contribution in [2.45, 2.75) is 120 Å². The van der Waals surface area contributed by atoms with E-state index < -0.39 is 9.96 Å². The van der Waals surface area contributed by atoms with E-state index in [-0.39, 0.29) is 5.91 Å². The van der Waals surface area contributed by atoms with Crippen molar-refractivity contribution in [3.63, 3.8) is 0 Å². The van der Waals surface area contributed by atoms with Gasteiger partial charge in [-0.2, -0.15) is 0 Å². The highest BCUT2D eigenvalue weighted by atomic mass is 79.9. The van der Waals surface area contributed by atoms with Crippen molar-refractivity contribution in [1.29, 1.82) is 0 Å². The monoisotopic (exact) mass is 582 g/mol. The fourth-order valence-electron chi connectivity index (χ4n) is 3.80. The summed E-state index contributed by atoms with van der Waals surface area (Å²) in [7, 11) is 0. The van der Waals surface area contributed by atoms with Crippen molar-refractivity contribution < 1.29 is 4.79 Å².